The highest BCUT2D eigenvalue weighted by Crippen LogP contribution is 2.29. The van der Waals surface area contributed by atoms with Gasteiger partial charge < -0.3 is 9.47 Å². The number of benzene rings is 2. The van der Waals surface area contributed by atoms with Gasteiger partial charge in [0, 0.05) is 48.5 Å². The van der Waals surface area contributed by atoms with Crippen molar-refractivity contribution in [1.82, 2.24) is 19.4 Å². The second-order valence-electron chi connectivity index (χ2n) is 7.70. The van der Waals surface area contributed by atoms with Gasteiger partial charge >= 0.3 is 6.18 Å². The van der Waals surface area contributed by atoms with Crippen molar-refractivity contribution >= 4 is 17.5 Å². The third-order valence-corrected chi connectivity index (χ3v) is 5.47. The smallest absolute Gasteiger partial charge is 0.329 e. The summed E-state index contributed by atoms with van der Waals surface area (Å²) in [7, 11) is 0. The van der Waals surface area contributed by atoms with Crippen LogP contribution in [0.25, 0.3) is 0 Å². The fourth-order valence-corrected chi connectivity index (χ4v) is 3.66. The van der Waals surface area contributed by atoms with Crippen LogP contribution in [0.4, 0.5) is 13.2 Å². The third-order valence-electron chi connectivity index (χ3n) is 5.22. The number of alkyl halides is 3. The molecule has 4 rings (SSSR count). The lowest BCUT2D eigenvalue weighted by molar-refractivity contribution is -0.137. The summed E-state index contributed by atoms with van der Waals surface area (Å²) in [6, 6.07) is 15.4. The number of carbonyl (C=O) groups is 1. The van der Waals surface area contributed by atoms with Crippen molar-refractivity contribution in [2.45, 2.75) is 25.8 Å². The summed E-state index contributed by atoms with van der Waals surface area (Å²) in [4.78, 5) is 23.4. The lowest BCUT2D eigenvalue weighted by Gasteiger charge is -2.23. The molecule has 34 heavy (non-hydrogen) atoms. The van der Waals surface area contributed by atoms with Crippen molar-refractivity contribution < 1.29 is 18.0 Å². The van der Waals surface area contributed by atoms with E-state index in [2.05, 4.69) is 9.97 Å². The first-order valence-electron chi connectivity index (χ1n) is 10.4. The Labute approximate surface area is 199 Å². The maximum absolute atomic E-state index is 13.3. The molecule has 0 bridgehead atoms. The molecule has 0 N–H and O–H groups in total. The first kappa shape index (κ1) is 23.5. The normalized spacial score (nSPS) is 11.4. The van der Waals surface area contributed by atoms with E-state index in [-0.39, 0.29) is 25.5 Å². The molecular formula is C25H20ClF3N4O. The van der Waals surface area contributed by atoms with Crippen LogP contribution in [0, 0.1) is 0 Å². The Bertz CT molecular complexity index is 1260. The molecule has 0 aliphatic rings. The molecule has 0 spiro atoms. The SMILES string of the molecule is O=C(c1ccc(Cl)cc1)N(Cc1cccnc1)Cc1nccn1Cc1cccc(C(F)(F)F)c1. The van der Waals surface area contributed by atoms with Crippen molar-refractivity contribution in [1.29, 1.82) is 0 Å². The Kier molecular flexibility index (Phi) is 6.98. The number of carbonyl (C=O) groups excluding carboxylic acids is 1. The number of hydrogen-bond acceptors (Lipinski definition) is 3. The lowest BCUT2D eigenvalue weighted by atomic mass is 10.1. The van der Waals surface area contributed by atoms with Crippen LogP contribution in [-0.4, -0.2) is 25.3 Å². The molecule has 4 aromatic rings. The number of hydrogen-bond donors (Lipinski definition) is 0. The Morgan fingerprint density at radius 2 is 1.74 bits per heavy atom. The summed E-state index contributed by atoms with van der Waals surface area (Å²) in [5.74, 6) is 0.317. The fourth-order valence-electron chi connectivity index (χ4n) is 3.54. The van der Waals surface area contributed by atoms with Gasteiger partial charge in [-0.1, -0.05) is 29.8 Å². The van der Waals surface area contributed by atoms with E-state index in [1.165, 1.54) is 6.07 Å². The second kappa shape index (κ2) is 10.1. The standard InChI is InChI=1S/C25H20ClF3N4O/c26-22-8-6-20(7-9-22)24(34)33(16-19-4-2-10-30-14-19)17-23-31-11-12-32(23)15-18-3-1-5-21(13-18)25(27,28)29/h1-14H,15-17H2. The van der Waals surface area contributed by atoms with Gasteiger partial charge in [-0.3, -0.25) is 9.78 Å². The van der Waals surface area contributed by atoms with E-state index >= 15 is 0 Å². The predicted octanol–water partition coefficient (Wildman–Crippen LogP) is 5.84. The predicted molar refractivity (Wildman–Crippen MR) is 122 cm³/mol. The first-order valence-corrected chi connectivity index (χ1v) is 10.8. The van der Waals surface area contributed by atoms with Crippen molar-refractivity contribution in [3.05, 3.63) is 119 Å². The van der Waals surface area contributed by atoms with Gasteiger partial charge in [-0.2, -0.15) is 13.2 Å². The molecule has 2 heterocycles. The largest absolute Gasteiger partial charge is 0.416 e. The van der Waals surface area contributed by atoms with Gasteiger partial charge in [-0.05, 0) is 53.6 Å². The number of imidazole rings is 1. The fraction of sp³-hybridized carbons (Fsp3) is 0.160. The average molecular weight is 485 g/mol. The van der Waals surface area contributed by atoms with E-state index in [0.29, 0.717) is 22.0 Å². The van der Waals surface area contributed by atoms with Crippen LogP contribution in [-0.2, 0) is 25.8 Å². The Morgan fingerprint density at radius 3 is 2.44 bits per heavy atom. The van der Waals surface area contributed by atoms with Crippen LogP contribution in [0.5, 0.6) is 0 Å². The summed E-state index contributed by atoms with van der Waals surface area (Å²) in [6.07, 6.45) is 2.16. The van der Waals surface area contributed by atoms with Gasteiger partial charge in [0.2, 0.25) is 0 Å². The van der Waals surface area contributed by atoms with E-state index in [1.807, 2.05) is 6.07 Å². The second-order valence-corrected chi connectivity index (χ2v) is 8.14. The summed E-state index contributed by atoms with van der Waals surface area (Å²) >= 11 is 5.96. The number of nitrogens with zero attached hydrogens (tertiary/aromatic N) is 4. The molecule has 2 aromatic carbocycles. The van der Waals surface area contributed by atoms with Crippen molar-refractivity contribution in [2.24, 2.45) is 0 Å². The molecule has 5 nitrogen and oxygen atoms in total. The summed E-state index contributed by atoms with van der Waals surface area (Å²) in [5, 5.41) is 0.520. The van der Waals surface area contributed by atoms with Crippen molar-refractivity contribution in [3.8, 4) is 0 Å². The quantitative estimate of drug-likeness (QED) is 0.331. The molecule has 0 saturated carbocycles. The van der Waals surface area contributed by atoms with E-state index < -0.39 is 11.7 Å². The minimum atomic E-state index is -4.42. The van der Waals surface area contributed by atoms with E-state index in [4.69, 9.17) is 11.6 Å². The third kappa shape index (κ3) is 5.82. The lowest BCUT2D eigenvalue weighted by Crippen LogP contribution is -2.31. The van der Waals surface area contributed by atoms with E-state index in [0.717, 1.165) is 17.7 Å². The monoisotopic (exact) mass is 484 g/mol. The molecule has 0 saturated heterocycles. The van der Waals surface area contributed by atoms with Crippen LogP contribution in [0.2, 0.25) is 5.02 Å². The highest BCUT2D eigenvalue weighted by molar-refractivity contribution is 6.30. The van der Waals surface area contributed by atoms with Crippen LogP contribution in [0.3, 0.4) is 0 Å². The first-order chi connectivity index (χ1) is 16.3. The molecule has 0 unspecified atom stereocenters. The highest BCUT2D eigenvalue weighted by Gasteiger charge is 2.30. The highest BCUT2D eigenvalue weighted by atomic mass is 35.5. The summed E-state index contributed by atoms with van der Waals surface area (Å²) in [5.41, 5.74) is 1.07. The zero-order valence-corrected chi connectivity index (χ0v) is 18.7. The molecular weight excluding hydrogens is 465 g/mol. The topological polar surface area (TPSA) is 51.0 Å². The maximum atomic E-state index is 13.3. The number of amides is 1. The van der Waals surface area contributed by atoms with Gasteiger partial charge in [-0.25, -0.2) is 4.98 Å². The molecule has 0 radical (unpaired) electrons. The molecule has 0 fully saturated rings. The molecule has 174 valence electrons. The summed E-state index contributed by atoms with van der Waals surface area (Å²) in [6.45, 7) is 0.628. The Morgan fingerprint density at radius 1 is 0.971 bits per heavy atom. The van der Waals surface area contributed by atoms with Crippen molar-refractivity contribution in [2.75, 3.05) is 0 Å². The van der Waals surface area contributed by atoms with Gasteiger partial charge in [0.25, 0.3) is 5.91 Å². The molecule has 0 aliphatic heterocycles. The Hall–Kier alpha value is -3.65. The molecule has 2 aromatic heterocycles. The van der Waals surface area contributed by atoms with Crippen LogP contribution >= 0.6 is 11.6 Å². The van der Waals surface area contributed by atoms with Gasteiger partial charge in [0.15, 0.2) is 0 Å². The molecule has 9 heteroatoms. The van der Waals surface area contributed by atoms with Crippen LogP contribution in [0.15, 0.2) is 85.5 Å². The number of rotatable bonds is 7. The maximum Gasteiger partial charge on any atom is 0.416 e. The minimum Gasteiger partial charge on any atom is -0.329 e. The van der Waals surface area contributed by atoms with Gasteiger partial charge in [0.1, 0.15) is 5.82 Å². The van der Waals surface area contributed by atoms with Crippen molar-refractivity contribution in [3.63, 3.8) is 0 Å². The molecule has 0 aliphatic carbocycles. The molecule has 0 atom stereocenters. The average Bonchev–Trinajstić information content (AvgIpc) is 3.25. The Balaban J connectivity index is 1.59. The van der Waals surface area contributed by atoms with E-state index in [9.17, 15) is 18.0 Å². The van der Waals surface area contributed by atoms with Crippen LogP contribution in [0.1, 0.15) is 32.9 Å². The minimum absolute atomic E-state index is 0.155. The molecule has 1 amide bonds. The zero-order valence-electron chi connectivity index (χ0n) is 17.9. The van der Waals surface area contributed by atoms with Crippen LogP contribution < -0.4 is 0 Å². The number of aromatic nitrogens is 3. The zero-order chi connectivity index (χ0) is 24.1. The van der Waals surface area contributed by atoms with E-state index in [1.54, 1.807) is 70.7 Å². The number of pyridine rings is 1. The summed E-state index contributed by atoms with van der Waals surface area (Å²) < 4.78 is 41.0. The van der Waals surface area contributed by atoms with Gasteiger partial charge in [0.05, 0.1) is 12.1 Å². The number of halogens is 4. The van der Waals surface area contributed by atoms with Gasteiger partial charge in [-0.15, -0.1) is 0 Å².